The number of nitrogens with one attached hydrogen (secondary N) is 3. The van der Waals surface area contributed by atoms with E-state index in [-0.39, 0.29) is 5.54 Å². The minimum Gasteiger partial charge on any atom is -0.497 e. The molecule has 0 atom stereocenters. The monoisotopic (exact) mass is 330 g/mol. The molecule has 7 nitrogen and oxygen atoms in total. The average Bonchev–Trinajstić information content (AvgIpc) is 3.00. The van der Waals surface area contributed by atoms with Gasteiger partial charge in [0.05, 0.1) is 7.11 Å². The van der Waals surface area contributed by atoms with Gasteiger partial charge in [-0.05, 0) is 52.0 Å². The predicted octanol–water partition coefficient (Wildman–Crippen LogP) is 2.33. The van der Waals surface area contributed by atoms with Crippen molar-refractivity contribution in [3.63, 3.8) is 0 Å². The van der Waals surface area contributed by atoms with Gasteiger partial charge in [-0.3, -0.25) is 5.10 Å². The van der Waals surface area contributed by atoms with E-state index in [1.807, 2.05) is 31.2 Å². The highest BCUT2D eigenvalue weighted by Gasteiger charge is 2.12. The number of ether oxygens (including phenoxy) is 1. The largest absolute Gasteiger partial charge is 0.497 e. The molecule has 7 heteroatoms. The van der Waals surface area contributed by atoms with E-state index in [9.17, 15) is 0 Å². The zero-order chi connectivity index (χ0) is 17.6. The summed E-state index contributed by atoms with van der Waals surface area (Å²) < 4.78 is 5.16. The average molecular weight is 330 g/mol. The van der Waals surface area contributed by atoms with Crippen molar-refractivity contribution in [3.05, 3.63) is 30.1 Å². The molecule has 0 aliphatic rings. The summed E-state index contributed by atoms with van der Waals surface area (Å²) >= 11 is 0. The van der Waals surface area contributed by atoms with Crippen LogP contribution < -0.4 is 15.4 Å². The van der Waals surface area contributed by atoms with Crippen LogP contribution in [0.2, 0.25) is 0 Å². The first-order valence-electron chi connectivity index (χ1n) is 8.03. The SMILES string of the molecule is CCNC(=NCc1nc(-c2ccc(OC)cc2)n[nH]1)NC(C)(C)C. The van der Waals surface area contributed by atoms with Crippen molar-refractivity contribution < 1.29 is 4.74 Å². The molecule has 0 aliphatic carbocycles. The molecule has 0 radical (unpaired) electrons. The lowest BCUT2D eigenvalue weighted by molar-refractivity contribution is 0.415. The minimum absolute atomic E-state index is 0.0589. The Bertz CT molecular complexity index is 669. The molecule has 3 N–H and O–H groups in total. The zero-order valence-electron chi connectivity index (χ0n) is 15.0. The van der Waals surface area contributed by atoms with Gasteiger partial charge >= 0.3 is 0 Å². The first-order chi connectivity index (χ1) is 11.4. The van der Waals surface area contributed by atoms with E-state index in [4.69, 9.17) is 4.74 Å². The van der Waals surface area contributed by atoms with Gasteiger partial charge in [0.25, 0.3) is 0 Å². The Kier molecular flexibility index (Phi) is 5.78. The molecule has 1 aromatic heterocycles. The molecular formula is C17H26N6O. The van der Waals surface area contributed by atoms with E-state index in [1.165, 1.54) is 0 Å². The molecular weight excluding hydrogens is 304 g/mol. The van der Waals surface area contributed by atoms with Gasteiger partial charge in [0, 0.05) is 17.6 Å². The van der Waals surface area contributed by atoms with Crippen LogP contribution in [-0.2, 0) is 6.54 Å². The minimum atomic E-state index is -0.0589. The van der Waals surface area contributed by atoms with Crippen LogP contribution in [0.5, 0.6) is 5.75 Å². The number of benzene rings is 1. The Morgan fingerprint density at radius 3 is 2.54 bits per heavy atom. The Morgan fingerprint density at radius 1 is 1.25 bits per heavy atom. The van der Waals surface area contributed by atoms with Crippen molar-refractivity contribution in [3.8, 4) is 17.1 Å². The van der Waals surface area contributed by atoms with Gasteiger partial charge in [-0.1, -0.05) is 0 Å². The topological polar surface area (TPSA) is 87.2 Å². The van der Waals surface area contributed by atoms with Crippen molar-refractivity contribution in [1.82, 2.24) is 25.8 Å². The highest BCUT2D eigenvalue weighted by molar-refractivity contribution is 5.80. The normalized spacial score (nSPS) is 12.1. The van der Waals surface area contributed by atoms with E-state index in [0.29, 0.717) is 18.2 Å². The third-order valence-corrected chi connectivity index (χ3v) is 3.10. The van der Waals surface area contributed by atoms with Gasteiger partial charge in [-0.15, -0.1) is 0 Å². The summed E-state index contributed by atoms with van der Waals surface area (Å²) in [7, 11) is 1.64. The van der Waals surface area contributed by atoms with Gasteiger partial charge in [0.1, 0.15) is 18.1 Å². The summed E-state index contributed by atoms with van der Waals surface area (Å²) in [4.78, 5) is 9.04. The molecule has 2 aromatic rings. The van der Waals surface area contributed by atoms with E-state index in [1.54, 1.807) is 7.11 Å². The lowest BCUT2D eigenvalue weighted by Crippen LogP contribution is -2.47. The third-order valence-electron chi connectivity index (χ3n) is 3.10. The molecule has 0 saturated carbocycles. The molecule has 130 valence electrons. The number of aromatic amines is 1. The van der Waals surface area contributed by atoms with Crippen LogP contribution in [0.3, 0.4) is 0 Å². The second-order valence-electron chi connectivity index (χ2n) is 6.40. The number of hydrogen-bond donors (Lipinski definition) is 3. The Morgan fingerprint density at radius 2 is 1.96 bits per heavy atom. The van der Waals surface area contributed by atoms with Crippen LogP contribution in [0.1, 0.15) is 33.5 Å². The maximum atomic E-state index is 5.16. The van der Waals surface area contributed by atoms with Gasteiger partial charge in [-0.25, -0.2) is 9.98 Å². The Balaban J connectivity index is 2.07. The Labute approximate surface area is 142 Å². The second-order valence-corrected chi connectivity index (χ2v) is 6.40. The maximum Gasteiger partial charge on any atom is 0.192 e. The molecule has 0 unspecified atom stereocenters. The van der Waals surface area contributed by atoms with Crippen molar-refractivity contribution in [2.24, 2.45) is 4.99 Å². The van der Waals surface area contributed by atoms with E-state index >= 15 is 0 Å². The Hall–Kier alpha value is -2.57. The van der Waals surface area contributed by atoms with Gasteiger partial charge in [0.15, 0.2) is 11.8 Å². The number of H-pyrrole nitrogens is 1. The van der Waals surface area contributed by atoms with Gasteiger partial charge < -0.3 is 15.4 Å². The lowest BCUT2D eigenvalue weighted by Gasteiger charge is -2.23. The highest BCUT2D eigenvalue weighted by Crippen LogP contribution is 2.19. The smallest absolute Gasteiger partial charge is 0.192 e. The van der Waals surface area contributed by atoms with Crippen molar-refractivity contribution in [2.75, 3.05) is 13.7 Å². The molecule has 0 aliphatic heterocycles. The number of rotatable bonds is 5. The number of nitrogens with zero attached hydrogens (tertiary/aromatic N) is 3. The molecule has 2 rings (SSSR count). The van der Waals surface area contributed by atoms with Crippen LogP contribution in [0.25, 0.3) is 11.4 Å². The first-order valence-corrected chi connectivity index (χ1v) is 8.03. The molecule has 0 amide bonds. The summed E-state index contributed by atoms with van der Waals surface area (Å²) in [5.74, 6) is 2.93. The molecule has 0 spiro atoms. The van der Waals surface area contributed by atoms with E-state index in [0.717, 1.165) is 23.8 Å². The van der Waals surface area contributed by atoms with Crippen molar-refractivity contribution in [2.45, 2.75) is 39.8 Å². The fourth-order valence-electron chi connectivity index (χ4n) is 2.05. The fraction of sp³-hybridized carbons (Fsp3) is 0.471. The van der Waals surface area contributed by atoms with E-state index < -0.39 is 0 Å². The summed E-state index contributed by atoms with van der Waals surface area (Å²) in [6.45, 7) is 9.54. The number of aromatic nitrogens is 3. The van der Waals surface area contributed by atoms with E-state index in [2.05, 4.69) is 51.6 Å². The maximum absolute atomic E-state index is 5.16. The number of guanidine groups is 1. The van der Waals surface area contributed by atoms with Crippen molar-refractivity contribution in [1.29, 1.82) is 0 Å². The fourth-order valence-corrected chi connectivity index (χ4v) is 2.05. The second kappa shape index (κ2) is 7.81. The number of methoxy groups -OCH3 is 1. The van der Waals surface area contributed by atoms with Gasteiger partial charge in [0.2, 0.25) is 0 Å². The molecule has 0 saturated heterocycles. The van der Waals surface area contributed by atoms with Crippen molar-refractivity contribution >= 4 is 5.96 Å². The molecule has 0 fully saturated rings. The molecule has 24 heavy (non-hydrogen) atoms. The first kappa shape index (κ1) is 17.8. The summed E-state index contributed by atoms with van der Waals surface area (Å²) in [6, 6.07) is 7.64. The highest BCUT2D eigenvalue weighted by atomic mass is 16.5. The molecule has 1 aromatic carbocycles. The number of aliphatic imine (C=N–C) groups is 1. The van der Waals surface area contributed by atoms with Crippen LogP contribution in [-0.4, -0.2) is 40.3 Å². The van der Waals surface area contributed by atoms with Crippen LogP contribution >= 0.6 is 0 Å². The summed E-state index contributed by atoms with van der Waals surface area (Å²) in [6.07, 6.45) is 0. The third kappa shape index (κ3) is 5.26. The van der Waals surface area contributed by atoms with Crippen LogP contribution in [0, 0.1) is 0 Å². The summed E-state index contributed by atoms with van der Waals surface area (Å²) in [5, 5.41) is 13.8. The quantitative estimate of drug-likeness (QED) is 0.578. The number of hydrogen-bond acceptors (Lipinski definition) is 4. The van der Waals surface area contributed by atoms with Gasteiger partial charge in [-0.2, -0.15) is 5.10 Å². The predicted molar refractivity (Wildman–Crippen MR) is 96.1 cm³/mol. The van der Waals surface area contributed by atoms with Crippen LogP contribution in [0.15, 0.2) is 29.3 Å². The standard InChI is InChI=1S/C17H26N6O/c1-6-18-16(21-17(2,3)4)19-11-14-20-15(23-22-14)12-7-9-13(24-5)10-8-12/h7-10H,6,11H2,1-5H3,(H2,18,19,21)(H,20,22,23). The molecule has 0 bridgehead atoms. The summed E-state index contributed by atoms with van der Waals surface area (Å²) in [5.41, 5.74) is 0.874. The zero-order valence-corrected chi connectivity index (χ0v) is 15.0. The molecule has 1 heterocycles. The van der Waals surface area contributed by atoms with Crippen LogP contribution in [0.4, 0.5) is 0 Å². The lowest BCUT2D eigenvalue weighted by atomic mass is 10.1.